The molecule has 5 rings (SSSR count). The van der Waals surface area contributed by atoms with Gasteiger partial charge >= 0.3 is 0 Å². The molecule has 1 N–H and O–H groups in total. The van der Waals surface area contributed by atoms with Crippen molar-refractivity contribution in [3.05, 3.63) is 18.0 Å². The highest BCUT2D eigenvalue weighted by Crippen LogP contribution is 2.42. The van der Waals surface area contributed by atoms with E-state index >= 15 is 0 Å². The Kier molecular flexibility index (Phi) is 4.62. The van der Waals surface area contributed by atoms with Gasteiger partial charge in [-0.15, -0.1) is 10.2 Å². The third kappa shape index (κ3) is 3.11. The van der Waals surface area contributed by atoms with E-state index in [0.717, 1.165) is 51.1 Å². The maximum Gasteiger partial charge on any atom is 0.246 e. The number of nitrogens with one attached hydrogen (secondary N) is 1. The van der Waals surface area contributed by atoms with Crippen LogP contribution in [-0.2, 0) is 16.0 Å². The van der Waals surface area contributed by atoms with E-state index < -0.39 is 0 Å². The first-order valence-electron chi connectivity index (χ1n) is 10.4. The minimum atomic E-state index is -0.304. The zero-order valence-corrected chi connectivity index (χ0v) is 16.0. The monoisotopic (exact) mass is 385 g/mol. The molecule has 9 nitrogen and oxygen atoms in total. The number of carbonyl (C=O) groups excluding carboxylic acids is 2. The molecule has 3 saturated heterocycles. The average molecular weight is 385 g/mol. The Balaban J connectivity index is 1.37. The van der Waals surface area contributed by atoms with Crippen LogP contribution in [-0.4, -0.2) is 91.9 Å². The van der Waals surface area contributed by atoms with E-state index in [1.807, 2.05) is 22.0 Å². The van der Waals surface area contributed by atoms with Gasteiger partial charge < -0.3 is 14.7 Å². The van der Waals surface area contributed by atoms with E-state index in [1.54, 1.807) is 0 Å². The van der Waals surface area contributed by atoms with Crippen molar-refractivity contribution in [3.8, 4) is 0 Å². The third-order valence-corrected chi connectivity index (χ3v) is 6.84. The summed E-state index contributed by atoms with van der Waals surface area (Å²) in [7, 11) is 0. The van der Waals surface area contributed by atoms with Gasteiger partial charge in [-0.3, -0.25) is 9.59 Å². The molecule has 1 aromatic heterocycles. The number of amides is 2. The second-order valence-electron chi connectivity index (χ2n) is 8.51. The number of carbonyl (C=O) groups is 2. The van der Waals surface area contributed by atoms with Crippen molar-refractivity contribution in [3.63, 3.8) is 0 Å². The second kappa shape index (κ2) is 7.27. The first-order chi connectivity index (χ1) is 13.7. The molecule has 1 aromatic rings. The minimum absolute atomic E-state index is 0.133. The summed E-state index contributed by atoms with van der Waals surface area (Å²) in [5.41, 5.74) is 0. The summed E-state index contributed by atoms with van der Waals surface area (Å²) in [6, 6.07) is -0.100. The third-order valence-electron chi connectivity index (χ3n) is 6.84. The predicted molar refractivity (Wildman–Crippen MR) is 99.9 cm³/mol. The molecule has 0 unspecified atom stereocenters. The van der Waals surface area contributed by atoms with Gasteiger partial charge in [0, 0.05) is 57.5 Å². The van der Waals surface area contributed by atoms with Crippen LogP contribution in [0.25, 0.3) is 0 Å². The lowest BCUT2D eigenvalue weighted by Gasteiger charge is -2.56. The predicted octanol–water partition coefficient (Wildman–Crippen LogP) is -0.158. The molecular weight excluding hydrogens is 358 g/mol. The summed E-state index contributed by atoms with van der Waals surface area (Å²) in [6.45, 7) is 4.02. The molecule has 2 bridgehead atoms. The van der Waals surface area contributed by atoms with Gasteiger partial charge in [0.15, 0.2) is 5.82 Å². The molecule has 0 radical (unpaired) electrons. The SMILES string of the molecule is O=C([C@H]1[C@@H]2C[C@@H](CN(CCc3nn[nH]n3)C2)[C@@H]2CCCC(=O)N21)N1CC=CC1. The fourth-order valence-electron chi connectivity index (χ4n) is 5.65. The summed E-state index contributed by atoms with van der Waals surface area (Å²) >= 11 is 0. The van der Waals surface area contributed by atoms with Crippen molar-refractivity contribution in [1.29, 1.82) is 0 Å². The highest BCUT2D eigenvalue weighted by Gasteiger charge is 2.52. The molecular formula is C19H27N7O2. The number of fused-ring (bicyclic) bond motifs is 4. The van der Waals surface area contributed by atoms with Crippen molar-refractivity contribution in [2.75, 3.05) is 32.7 Å². The maximum atomic E-state index is 13.4. The van der Waals surface area contributed by atoms with Gasteiger partial charge in [0.2, 0.25) is 11.8 Å². The minimum Gasteiger partial charge on any atom is -0.333 e. The Morgan fingerprint density at radius 3 is 2.82 bits per heavy atom. The first-order valence-corrected chi connectivity index (χ1v) is 10.4. The summed E-state index contributed by atoms with van der Waals surface area (Å²) < 4.78 is 0. The van der Waals surface area contributed by atoms with Gasteiger partial charge in [-0.1, -0.05) is 17.4 Å². The van der Waals surface area contributed by atoms with E-state index in [0.29, 0.717) is 25.4 Å². The van der Waals surface area contributed by atoms with Crippen LogP contribution >= 0.6 is 0 Å². The molecule has 2 amide bonds. The van der Waals surface area contributed by atoms with Crippen LogP contribution < -0.4 is 0 Å². The number of tetrazole rings is 1. The summed E-state index contributed by atoms with van der Waals surface area (Å²) in [6.07, 6.45) is 8.41. The fourth-order valence-corrected chi connectivity index (χ4v) is 5.65. The number of piperidine rings is 3. The Morgan fingerprint density at radius 2 is 2.04 bits per heavy atom. The molecule has 0 saturated carbocycles. The van der Waals surface area contributed by atoms with Crippen molar-refractivity contribution in [1.82, 2.24) is 35.3 Å². The number of hydrogen-bond donors (Lipinski definition) is 1. The number of hydrogen-bond acceptors (Lipinski definition) is 6. The fraction of sp³-hybridized carbons (Fsp3) is 0.737. The number of H-pyrrole nitrogens is 1. The van der Waals surface area contributed by atoms with Gasteiger partial charge in [0.1, 0.15) is 6.04 Å². The second-order valence-corrected chi connectivity index (χ2v) is 8.51. The van der Waals surface area contributed by atoms with Gasteiger partial charge in [-0.05, 0) is 25.2 Å². The van der Waals surface area contributed by atoms with Gasteiger partial charge in [-0.2, -0.15) is 5.21 Å². The Hall–Kier alpha value is -2.29. The Labute approximate surface area is 164 Å². The van der Waals surface area contributed by atoms with Gasteiger partial charge in [-0.25, -0.2) is 0 Å². The molecule has 0 aromatic carbocycles. The van der Waals surface area contributed by atoms with E-state index in [-0.39, 0.29) is 29.8 Å². The number of likely N-dealkylation sites (tertiary alicyclic amines) is 1. The zero-order valence-electron chi connectivity index (χ0n) is 16.0. The summed E-state index contributed by atoms with van der Waals surface area (Å²) in [4.78, 5) is 32.6. The standard InChI is InChI=1S/C19H27N7O2/c27-17-5-3-4-15-13-10-14(12-24(11-13)9-6-16-20-22-23-21-16)18(26(15)17)19(28)25-7-1-2-8-25/h1-2,13-15,18H,3-12H2,(H,20,21,22,23)/t13-,14+,15-,18+/m0/s1. The Bertz CT molecular complexity index is 756. The lowest BCUT2D eigenvalue weighted by atomic mass is 9.71. The molecule has 0 aliphatic carbocycles. The van der Waals surface area contributed by atoms with Crippen LogP contribution in [0.5, 0.6) is 0 Å². The van der Waals surface area contributed by atoms with Crippen LogP contribution in [0.2, 0.25) is 0 Å². The largest absolute Gasteiger partial charge is 0.333 e. The lowest BCUT2D eigenvalue weighted by Crippen LogP contribution is -2.68. The summed E-state index contributed by atoms with van der Waals surface area (Å²) in [5.74, 6) is 1.69. The van der Waals surface area contributed by atoms with Crippen LogP contribution in [0.1, 0.15) is 31.5 Å². The van der Waals surface area contributed by atoms with E-state index in [2.05, 4.69) is 25.5 Å². The van der Waals surface area contributed by atoms with Crippen LogP contribution in [0, 0.1) is 11.8 Å². The molecule has 3 fully saturated rings. The number of rotatable bonds is 4. The molecule has 0 spiro atoms. The van der Waals surface area contributed by atoms with Gasteiger partial charge in [0.25, 0.3) is 0 Å². The molecule has 4 aliphatic heterocycles. The zero-order chi connectivity index (χ0) is 19.1. The molecule has 28 heavy (non-hydrogen) atoms. The first kappa shape index (κ1) is 17.8. The number of aromatic amines is 1. The highest BCUT2D eigenvalue weighted by atomic mass is 16.2. The summed E-state index contributed by atoms with van der Waals surface area (Å²) in [5, 5.41) is 14.2. The number of aromatic nitrogens is 4. The molecule has 5 heterocycles. The smallest absolute Gasteiger partial charge is 0.246 e. The normalized spacial score (nSPS) is 32.6. The van der Waals surface area contributed by atoms with E-state index in [1.165, 1.54) is 0 Å². The van der Waals surface area contributed by atoms with Crippen LogP contribution in [0.3, 0.4) is 0 Å². The molecule has 150 valence electrons. The van der Waals surface area contributed by atoms with Crippen molar-refractivity contribution < 1.29 is 9.59 Å². The molecule has 4 aliphatic rings. The maximum absolute atomic E-state index is 13.4. The Morgan fingerprint density at radius 1 is 1.21 bits per heavy atom. The van der Waals surface area contributed by atoms with Crippen molar-refractivity contribution in [2.24, 2.45) is 11.8 Å². The van der Waals surface area contributed by atoms with Gasteiger partial charge in [0.05, 0.1) is 0 Å². The topological polar surface area (TPSA) is 98.3 Å². The average Bonchev–Trinajstić information content (AvgIpc) is 3.41. The molecule has 4 atom stereocenters. The van der Waals surface area contributed by atoms with E-state index in [9.17, 15) is 9.59 Å². The lowest BCUT2D eigenvalue weighted by molar-refractivity contribution is -0.164. The van der Waals surface area contributed by atoms with Crippen molar-refractivity contribution >= 4 is 11.8 Å². The van der Waals surface area contributed by atoms with Crippen molar-refractivity contribution in [2.45, 2.75) is 44.2 Å². The highest BCUT2D eigenvalue weighted by molar-refractivity contribution is 5.89. The van der Waals surface area contributed by atoms with Crippen LogP contribution in [0.4, 0.5) is 0 Å². The number of nitrogens with zero attached hydrogens (tertiary/aromatic N) is 6. The quantitative estimate of drug-likeness (QED) is 0.724. The van der Waals surface area contributed by atoms with E-state index in [4.69, 9.17) is 0 Å². The molecule has 9 heteroatoms. The van der Waals surface area contributed by atoms with Crippen LogP contribution in [0.15, 0.2) is 12.2 Å².